The lowest BCUT2D eigenvalue weighted by Crippen LogP contribution is -2.45. The van der Waals surface area contributed by atoms with Crippen LogP contribution in [0.15, 0.2) is 34.9 Å². The normalized spacial score (nSPS) is 23.6. The molecule has 2 heterocycles. The summed E-state index contributed by atoms with van der Waals surface area (Å²) in [5, 5.41) is 2.18. The van der Waals surface area contributed by atoms with E-state index in [2.05, 4.69) is 10.2 Å². The zero-order chi connectivity index (χ0) is 23.8. The van der Waals surface area contributed by atoms with Gasteiger partial charge in [0.25, 0.3) is 5.79 Å². The van der Waals surface area contributed by atoms with Crippen molar-refractivity contribution in [3.63, 3.8) is 0 Å². The molecule has 2 saturated heterocycles. The van der Waals surface area contributed by atoms with Crippen LogP contribution in [0.2, 0.25) is 0 Å². The van der Waals surface area contributed by atoms with E-state index in [-0.39, 0.29) is 28.4 Å². The van der Waals surface area contributed by atoms with E-state index in [9.17, 15) is 18.0 Å². The smallest absolute Gasteiger partial charge is 0.350 e. The molecule has 0 radical (unpaired) electrons. The third-order valence-corrected chi connectivity index (χ3v) is 7.37. The third-order valence-electron chi connectivity index (χ3n) is 5.16. The van der Waals surface area contributed by atoms with Gasteiger partial charge in [-0.2, -0.15) is 0 Å². The first-order valence-corrected chi connectivity index (χ1v) is 12.1. The molecule has 1 aromatic carbocycles. The van der Waals surface area contributed by atoms with Gasteiger partial charge in [-0.05, 0) is 45.9 Å². The Labute approximate surface area is 188 Å². The summed E-state index contributed by atoms with van der Waals surface area (Å²) in [6.07, 6.45) is 1.17. The number of morpholine rings is 1. The van der Waals surface area contributed by atoms with E-state index in [4.69, 9.17) is 14.2 Å². The highest BCUT2D eigenvalue weighted by Gasteiger charge is 2.39. The van der Waals surface area contributed by atoms with Gasteiger partial charge < -0.3 is 24.4 Å². The van der Waals surface area contributed by atoms with Crippen molar-refractivity contribution < 1.29 is 32.2 Å². The molecule has 0 saturated carbocycles. The van der Waals surface area contributed by atoms with E-state index in [1.165, 1.54) is 19.9 Å². The summed E-state index contributed by atoms with van der Waals surface area (Å²) in [5.74, 6) is -3.06. The molecule has 1 N–H and O–H groups in total. The first-order chi connectivity index (χ1) is 14.8. The molecular weight excluding hydrogens is 436 g/mol. The molecule has 32 heavy (non-hydrogen) atoms. The number of benzene rings is 1. The predicted molar refractivity (Wildman–Crippen MR) is 119 cm³/mol. The van der Waals surface area contributed by atoms with Crippen LogP contribution in [-0.2, 0) is 33.6 Å². The van der Waals surface area contributed by atoms with Crippen molar-refractivity contribution in [3.05, 3.63) is 30.0 Å². The van der Waals surface area contributed by atoms with E-state index < -0.39 is 32.8 Å². The Kier molecular flexibility index (Phi) is 6.57. The molecule has 0 bridgehead atoms. The molecule has 0 spiro atoms. The molecule has 2 atom stereocenters. The van der Waals surface area contributed by atoms with Crippen LogP contribution in [0, 0.1) is 0 Å². The van der Waals surface area contributed by atoms with Gasteiger partial charge in [-0.3, -0.25) is 0 Å². The maximum Gasteiger partial charge on any atom is 0.350 e. The fourth-order valence-corrected chi connectivity index (χ4v) is 4.84. The fourth-order valence-electron chi connectivity index (χ4n) is 3.65. The summed E-state index contributed by atoms with van der Waals surface area (Å²) >= 11 is 0. The molecule has 3 rings (SSSR count). The SMILES string of the molecule is CC1CN(c2ccc(S(=O)(=O)C(C)C)c(NC=C3C(=O)OC(C)(C)OC3=O)c2)CC(C)O1. The van der Waals surface area contributed by atoms with Gasteiger partial charge in [0.2, 0.25) is 0 Å². The zero-order valence-electron chi connectivity index (χ0n) is 19.2. The number of nitrogens with one attached hydrogen (secondary N) is 1. The summed E-state index contributed by atoms with van der Waals surface area (Å²) in [6, 6.07) is 4.99. The van der Waals surface area contributed by atoms with Gasteiger partial charge in [0.1, 0.15) is 0 Å². The molecule has 0 aliphatic carbocycles. The second-order valence-electron chi connectivity index (χ2n) is 8.82. The summed E-state index contributed by atoms with van der Waals surface area (Å²) in [7, 11) is -3.64. The second kappa shape index (κ2) is 8.74. The van der Waals surface area contributed by atoms with E-state index in [1.807, 2.05) is 13.8 Å². The van der Waals surface area contributed by atoms with Crippen molar-refractivity contribution >= 4 is 33.2 Å². The number of cyclic esters (lactones) is 2. The van der Waals surface area contributed by atoms with Gasteiger partial charge in [0, 0.05) is 38.8 Å². The van der Waals surface area contributed by atoms with Crippen LogP contribution in [-0.4, -0.2) is 56.7 Å². The van der Waals surface area contributed by atoms with Gasteiger partial charge in [0.05, 0.1) is 28.0 Å². The van der Waals surface area contributed by atoms with Crippen molar-refractivity contribution in [3.8, 4) is 0 Å². The Morgan fingerprint density at radius 2 is 1.66 bits per heavy atom. The maximum absolute atomic E-state index is 12.9. The van der Waals surface area contributed by atoms with E-state index in [1.54, 1.807) is 26.0 Å². The van der Waals surface area contributed by atoms with E-state index >= 15 is 0 Å². The Balaban J connectivity index is 2.00. The van der Waals surface area contributed by atoms with Crippen LogP contribution in [0.3, 0.4) is 0 Å². The van der Waals surface area contributed by atoms with Gasteiger partial charge in [-0.25, -0.2) is 18.0 Å². The number of nitrogens with zero attached hydrogens (tertiary/aromatic N) is 1. The molecule has 1 aromatic rings. The number of esters is 2. The lowest BCUT2D eigenvalue weighted by atomic mass is 10.2. The van der Waals surface area contributed by atoms with Crippen LogP contribution in [0.4, 0.5) is 11.4 Å². The molecule has 2 aliphatic heterocycles. The molecule has 0 amide bonds. The fraction of sp³-hybridized carbons (Fsp3) is 0.545. The van der Waals surface area contributed by atoms with E-state index in [0.717, 1.165) is 11.9 Å². The largest absolute Gasteiger partial charge is 0.419 e. The van der Waals surface area contributed by atoms with Crippen molar-refractivity contribution in [1.82, 2.24) is 0 Å². The molecule has 10 heteroatoms. The molecule has 2 unspecified atom stereocenters. The summed E-state index contributed by atoms with van der Waals surface area (Å²) in [5.41, 5.74) is 0.697. The van der Waals surface area contributed by atoms with Crippen LogP contribution < -0.4 is 10.2 Å². The number of carbonyl (C=O) groups excluding carboxylic acids is 2. The number of hydrogen-bond acceptors (Lipinski definition) is 9. The second-order valence-corrected chi connectivity index (χ2v) is 11.3. The Bertz CT molecular complexity index is 1010. The Morgan fingerprint density at radius 1 is 1.09 bits per heavy atom. The monoisotopic (exact) mass is 466 g/mol. The molecule has 2 aliphatic rings. The number of hydrogen-bond donors (Lipinski definition) is 1. The van der Waals surface area contributed by atoms with Crippen LogP contribution in [0.25, 0.3) is 0 Å². The van der Waals surface area contributed by atoms with Crippen LogP contribution in [0.5, 0.6) is 0 Å². The highest BCUT2D eigenvalue weighted by atomic mass is 32.2. The average Bonchev–Trinajstić information content (AvgIpc) is 2.65. The minimum atomic E-state index is -3.64. The minimum absolute atomic E-state index is 0.0199. The third kappa shape index (κ3) is 5.07. The first-order valence-electron chi connectivity index (χ1n) is 10.5. The quantitative estimate of drug-likeness (QED) is 0.398. The number of ether oxygens (including phenoxy) is 3. The van der Waals surface area contributed by atoms with Crippen molar-refractivity contribution in [2.75, 3.05) is 23.3 Å². The van der Waals surface area contributed by atoms with Crippen molar-refractivity contribution in [2.45, 2.75) is 69.7 Å². The molecular formula is C22H30N2O7S. The van der Waals surface area contributed by atoms with Crippen molar-refractivity contribution in [1.29, 1.82) is 0 Å². The topological polar surface area (TPSA) is 111 Å². The van der Waals surface area contributed by atoms with Gasteiger partial charge in [-0.15, -0.1) is 0 Å². The average molecular weight is 467 g/mol. The summed E-state index contributed by atoms with van der Waals surface area (Å²) in [6.45, 7) is 11.3. The maximum atomic E-state index is 12.9. The highest BCUT2D eigenvalue weighted by molar-refractivity contribution is 7.92. The molecule has 2 fully saturated rings. The first kappa shape index (κ1) is 24.1. The van der Waals surface area contributed by atoms with Crippen LogP contribution in [0.1, 0.15) is 41.5 Å². The standard InChI is InChI=1S/C22H30N2O7S/c1-13(2)32(27,28)19-8-7-16(24-11-14(3)29-15(4)12-24)9-18(19)23-10-17-20(25)30-22(5,6)31-21(17)26/h7-10,13-15,23H,11-12H2,1-6H3. The highest BCUT2D eigenvalue weighted by Crippen LogP contribution is 2.32. The van der Waals surface area contributed by atoms with Gasteiger partial charge in [-0.1, -0.05) is 0 Å². The summed E-state index contributed by atoms with van der Waals surface area (Å²) in [4.78, 5) is 26.7. The molecule has 0 aromatic heterocycles. The van der Waals surface area contributed by atoms with E-state index in [0.29, 0.717) is 13.1 Å². The van der Waals surface area contributed by atoms with Gasteiger partial charge in [0.15, 0.2) is 15.4 Å². The number of rotatable bonds is 5. The zero-order valence-corrected chi connectivity index (χ0v) is 20.0. The van der Waals surface area contributed by atoms with Gasteiger partial charge >= 0.3 is 11.9 Å². The lowest BCUT2D eigenvalue weighted by molar-refractivity contribution is -0.222. The lowest BCUT2D eigenvalue weighted by Gasteiger charge is -2.37. The predicted octanol–water partition coefficient (Wildman–Crippen LogP) is 2.61. The van der Waals surface area contributed by atoms with Crippen molar-refractivity contribution in [2.24, 2.45) is 0 Å². The number of sulfone groups is 1. The summed E-state index contributed by atoms with van der Waals surface area (Å²) < 4.78 is 41.8. The molecule has 176 valence electrons. The Morgan fingerprint density at radius 3 is 2.19 bits per heavy atom. The Hall–Kier alpha value is -2.59. The minimum Gasteiger partial charge on any atom is -0.419 e. The molecule has 9 nitrogen and oxygen atoms in total. The number of carbonyl (C=O) groups is 2. The van der Waals surface area contributed by atoms with Crippen LogP contribution >= 0.6 is 0 Å². The number of anilines is 2.